The number of amides is 2. The number of anilines is 1. The van der Waals surface area contributed by atoms with Crippen molar-refractivity contribution >= 4 is 34.8 Å². The number of benzene rings is 1. The van der Waals surface area contributed by atoms with Crippen LogP contribution in [-0.4, -0.2) is 36.5 Å². The van der Waals surface area contributed by atoms with Gasteiger partial charge in [-0.1, -0.05) is 19.9 Å². The van der Waals surface area contributed by atoms with Gasteiger partial charge in [0.2, 0.25) is 0 Å². The molecule has 0 aliphatic rings. The Labute approximate surface area is 174 Å². The van der Waals surface area contributed by atoms with Gasteiger partial charge in [0.1, 0.15) is 11.8 Å². The predicted molar refractivity (Wildman–Crippen MR) is 112 cm³/mol. The van der Waals surface area contributed by atoms with E-state index in [1.54, 1.807) is 55.6 Å². The maximum absolute atomic E-state index is 12.5. The van der Waals surface area contributed by atoms with E-state index in [0.29, 0.717) is 22.9 Å². The van der Waals surface area contributed by atoms with Gasteiger partial charge in [0.25, 0.3) is 11.8 Å². The van der Waals surface area contributed by atoms with Crippen LogP contribution in [0.1, 0.15) is 37.4 Å². The molecule has 0 bridgehead atoms. The third-order valence-corrected chi connectivity index (χ3v) is 4.92. The molecule has 7 nitrogen and oxygen atoms in total. The van der Waals surface area contributed by atoms with Crippen LogP contribution in [0.15, 0.2) is 41.8 Å². The maximum Gasteiger partial charge on any atom is 0.329 e. The van der Waals surface area contributed by atoms with E-state index in [4.69, 9.17) is 9.47 Å². The average Bonchev–Trinajstić information content (AvgIpc) is 3.22. The number of nitrogens with one attached hydrogen (secondary N) is 2. The SMILES string of the molecule is CCOc1ccc(NC(=O)[C@@H](C)OC(=O)[C@H](NC(=O)c2cccs2)C(C)C)cc1. The minimum absolute atomic E-state index is 0.201. The standard InChI is InChI=1S/C21H26N2O5S/c1-5-27-16-10-8-15(9-11-16)22-19(24)14(4)28-21(26)18(13(2)3)23-20(25)17-7-6-12-29-17/h6-14,18H,5H2,1-4H3,(H,22,24)(H,23,25)/t14-,18-/m1/s1. The van der Waals surface area contributed by atoms with E-state index in [-0.39, 0.29) is 11.8 Å². The van der Waals surface area contributed by atoms with Crippen molar-refractivity contribution < 1.29 is 23.9 Å². The summed E-state index contributed by atoms with van der Waals surface area (Å²) in [6.45, 7) is 7.52. The van der Waals surface area contributed by atoms with Gasteiger partial charge < -0.3 is 20.1 Å². The molecule has 1 aromatic carbocycles. The second-order valence-corrected chi connectivity index (χ2v) is 7.65. The lowest BCUT2D eigenvalue weighted by Gasteiger charge is -2.22. The molecule has 0 aliphatic carbocycles. The van der Waals surface area contributed by atoms with Gasteiger partial charge in [0.15, 0.2) is 6.10 Å². The van der Waals surface area contributed by atoms with Gasteiger partial charge in [-0.3, -0.25) is 9.59 Å². The van der Waals surface area contributed by atoms with Crippen LogP contribution >= 0.6 is 11.3 Å². The van der Waals surface area contributed by atoms with Crippen molar-refractivity contribution in [2.75, 3.05) is 11.9 Å². The Balaban J connectivity index is 1.93. The lowest BCUT2D eigenvalue weighted by molar-refractivity contribution is -0.156. The number of ether oxygens (including phenoxy) is 2. The highest BCUT2D eigenvalue weighted by atomic mass is 32.1. The first-order chi connectivity index (χ1) is 13.8. The van der Waals surface area contributed by atoms with Crippen LogP contribution in [0, 0.1) is 5.92 Å². The third kappa shape index (κ3) is 6.60. The van der Waals surface area contributed by atoms with Crippen LogP contribution in [0.25, 0.3) is 0 Å². The van der Waals surface area contributed by atoms with Gasteiger partial charge >= 0.3 is 5.97 Å². The van der Waals surface area contributed by atoms with Crippen molar-refractivity contribution in [2.24, 2.45) is 5.92 Å². The summed E-state index contributed by atoms with van der Waals surface area (Å²) in [5.74, 6) is -0.963. The molecular formula is C21H26N2O5S. The Hall–Kier alpha value is -2.87. The first-order valence-electron chi connectivity index (χ1n) is 9.40. The van der Waals surface area contributed by atoms with E-state index in [0.717, 1.165) is 0 Å². The summed E-state index contributed by atoms with van der Waals surface area (Å²) in [7, 11) is 0. The normalized spacial score (nSPS) is 12.7. The van der Waals surface area contributed by atoms with Crippen molar-refractivity contribution in [3.63, 3.8) is 0 Å². The largest absolute Gasteiger partial charge is 0.494 e. The van der Waals surface area contributed by atoms with Gasteiger partial charge in [-0.15, -0.1) is 11.3 Å². The third-order valence-electron chi connectivity index (χ3n) is 4.05. The van der Waals surface area contributed by atoms with Crippen molar-refractivity contribution in [1.29, 1.82) is 0 Å². The van der Waals surface area contributed by atoms with Crippen LogP contribution < -0.4 is 15.4 Å². The molecule has 0 saturated carbocycles. The fourth-order valence-electron chi connectivity index (χ4n) is 2.46. The number of hydrogen-bond acceptors (Lipinski definition) is 6. The Bertz CT molecular complexity index is 818. The van der Waals surface area contributed by atoms with Crippen LogP contribution in [0.5, 0.6) is 5.75 Å². The molecule has 29 heavy (non-hydrogen) atoms. The molecule has 0 saturated heterocycles. The van der Waals surface area contributed by atoms with Gasteiger partial charge in [0, 0.05) is 5.69 Å². The van der Waals surface area contributed by atoms with E-state index < -0.39 is 24.0 Å². The Kier molecular flexibility index (Phi) is 8.21. The summed E-state index contributed by atoms with van der Waals surface area (Å²) in [6.07, 6.45) is -1.02. The molecule has 156 valence electrons. The van der Waals surface area contributed by atoms with E-state index in [1.807, 2.05) is 6.92 Å². The molecule has 0 unspecified atom stereocenters. The first-order valence-corrected chi connectivity index (χ1v) is 10.3. The lowest BCUT2D eigenvalue weighted by atomic mass is 10.0. The zero-order valence-electron chi connectivity index (χ0n) is 16.9. The van der Waals surface area contributed by atoms with Crippen LogP contribution in [0.3, 0.4) is 0 Å². The first kappa shape index (κ1) is 22.4. The molecule has 0 radical (unpaired) electrons. The molecule has 0 spiro atoms. The predicted octanol–water partition coefficient (Wildman–Crippen LogP) is 3.47. The number of hydrogen-bond donors (Lipinski definition) is 2. The Morgan fingerprint density at radius 1 is 1.07 bits per heavy atom. The van der Waals surface area contributed by atoms with Crippen molar-refractivity contribution in [1.82, 2.24) is 5.32 Å². The van der Waals surface area contributed by atoms with Crippen molar-refractivity contribution in [2.45, 2.75) is 39.8 Å². The van der Waals surface area contributed by atoms with E-state index in [1.165, 1.54) is 18.3 Å². The fraction of sp³-hybridized carbons (Fsp3) is 0.381. The Morgan fingerprint density at radius 2 is 1.76 bits per heavy atom. The van der Waals surface area contributed by atoms with Crippen molar-refractivity contribution in [3.8, 4) is 5.75 Å². The molecule has 2 aromatic rings. The van der Waals surface area contributed by atoms with E-state index in [9.17, 15) is 14.4 Å². The topological polar surface area (TPSA) is 93.7 Å². The summed E-state index contributed by atoms with van der Waals surface area (Å²) < 4.78 is 10.7. The molecule has 8 heteroatoms. The Morgan fingerprint density at radius 3 is 2.31 bits per heavy atom. The highest BCUT2D eigenvalue weighted by molar-refractivity contribution is 7.12. The highest BCUT2D eigenvalue weighted by Gasteiger charge is 2.29. The highest BCUT2D eigenvalue weighted by Crippen LogP contribution is 2.16. The lowest BCUT2D eigenvalue weighted by Crippen LogP contribution is -2.47. The molecular weight excluding hydrogens is 392 g/mol. The summed E-state index contributed by atoms with van der Waals surface area (Å²) in [5.41, 5.74) is 0.563. The molecule has 2 N–H and O–H groups in total. The molecule has 2 atom stereocenters. The van der Waals surface area contributed by atoms with Gasteiger partial charge in [-0.2, -0.15) is 0 Å². The molecule has 0 aliphatic heterocycles. The summed E-state index contributed by atoms with van der Waals surface area (Å²) in [6, 6.07) is 9.47. The molecule has 1 aromatic heterocycles. The summed E-state index contributed by atoms with van der Waals surface area (Å²) in [4.78, 5) is 37.7. The van der Waals surface area contributed by atoms with Crippen molar-refractivity contribution in [3.05, 3.63) is 46.7 Å². The zero-order chi connectivity index (χ0) is 21.4. The number of carbonyl (C=O) groups is 3. The quantitative estimate of drug-likeness (QED) is 0.608. The molecule has 1 heterocycles. The zero-order valence-corrected chi connectivity index (χ0v) is 17.7. The number of carbonyl (C=O) groups excluding carboxylic acids is 3. The minimum atomic E-state index is -1.02. The number of esters is 1. The smallest absolute Gasteiger partial charge is 0.329 e. The maximum atomic E-state index is 12.5. The van der Waals surface area contributed by atoms with E-state index >= 15 is 0 Å². The molecule has 2 amide bonds. The van der Waals surface area contributed by atoms with Crippen LogP contribution in [0.2, 0.25) is 0 Å². The van der Waals surface area contributed by atoms with E-state index in [2.05, 4.69) is 10.6 Å². The number of rotatable bonds is 9. The van der Waals surface area contributed by atoms with Gasteiger partial charge in [-0.05, 0) is 55.5 Å². The summed E-state index contributed by atoms with van der Waals surface area (Å²) >= 11 is 1.28. The summed E-state index contributed by atoms with van der Waals surface area (Å²) in [5, 5.41) is 7.16. The average molecular weight is 419 g/mol. The fourth-order valence-corrected chi connectivity index (χ4v) is 3.09. The monoisotopic (exact) mass is 418 g/mol. The second-order valence-electron chi connectivity index (χ2n) is 6.70. The van der Waals surface area contributed by atoms with Gasteiger partial charge in [-0.25, -0.2) is 4.79 Å². The second kappa shape index (κ2) is 10.6. The van der Waals surface area contributed by atoms with Crippen LogP contribution in [-0.2, 0) is 14.3 Å². The molecule has 0 fully saturated rings. The minimum Gasteiger partial charge on any atom is -0.494 e. The number of thiophene rings is 1. The molecule has 2 rings (SSSR count). The van der Waals surface area contributed by atoms with Gasteiger partial charge in [0.05, 0.1) is 11.5 Å². The van der Waals surface area contributed by atoms with Crippen LogP contribution in [0.4, 0.5) is 5.69 Å².